The van der Waals surface area contributed by atoms with E-state index in [-0.39, 0.29) is 41.5 Å². The third kappa shape index (κ3) is 1.72. The first-order valence-electron chi connectivity index (χ1n) is 8.19. The Morgan fingerprint density at radius 2 is 1.52 bits per heavy atom. The minimum absolute atomic E-state index is 0.0755. The van der Waals surface area contributed by atoms with Crippen molar-refractivity contribution in [3.8, 4) is 0 Å². The highest BCUT2D eigenvalue weighted by molar-refractivity contribution is 6.06. The number of amides is 2. The van der Waals surface area contributed by atoms with Gasteiger partial charge >= 0.3 is 5.97 Å². The summed E-state index contributed by atoms with van der Waals surface area (Å²) in [5.74, 6) is -1.48. The van der Waals surface area contributed by atoms with Crippen LogP contribution in [0.3, 0.4) is 0 Å². The second kappa shape index (κ2) is 4.55. The number of hydrogen-bond donors (Lipinski definition) is 1. The SMILES string of the molecule is O=C(O)C1C2CCC(C2)C1N1C(=O)C2CCCCC2C1=O. The Morgan fingerprint density at radius 1 is 0.952 bits per heavy atom. The maximum absolute atomic E-state index is 12.7. The Hall–Kier alpha value is -1.39. The fourth-order valence-electron chi connectivity index (χ4n) is 5.46. The summed E-state index contributed by atoms with van der Waals surface area (Å²) in [6.07, 6.45) is 6.37. The average molecular weight is 291 g/mol. The standard InChI is InChI=1S/C16H21NO4/c18-14-10-3-1-2-4-11(10)15(19)17(14)13-9-6-5-8(7-9)12(13)16(20)21/h8-13H,1-7H2,(H,20,21). The van der Waals surface area contributed by atoms with Crippen molar-refractivity contribution in [2.75, 3.05) is 0 Å². The van der Waals surface area contributed by atoms with Crippen LogP contribution in [-0.4, -0.2) is 33.8 Å². The molecule has 4 rings (SSSR count). The molecule has 6 atom stereocenters. The highest BCUT2D eigenvalue weighted by Crippen LogP contribution is 2.53. The van der Waals surface area contributed by atoms with Crippen molar-refractivity contribution in [2.45, 2.75) is 51.0 Å². The minimum Gasteiger partial charge on any atom is -0.481 e. The molecule has 0 aromatic heterocycles. The van der Waals surface area contributed by atoms with Gasteiger partial charge in [0.2, 0.25) is 11.8 Å². The average Bonchev–Trinajstić information content (AvgIpc) is 3.13. The predicted molar refractivity (Wildman–Crippen MR) is 73.0 cm³/mol. The maximum Gasteiger partial charge on any atom is 0.308 e. The molecule has 3 saturated carbocycles. The van der Waals surface area contributed by atoms with Crippen molar-refractivity contribution in [1.82, 2.24) is 4.90 Å². The molecule has 0 spiro atoms. The van der Waals surface area contributed by atoms with Crippen LogP contribution in [0.1, 0.15) is 44.9 Å². The molecular weight excluding hydrogens is 270 g/mol. The van der Waals surface area contributed by atoms with Gasteiger partial charge in [0.15, 0.2) is 0 Å². The van der Waals surface area contributed by atoms with Crippen molar-refractivity contribution >= 4 is 17.8 Å². The Labute approximate surface area is 123 Å². The Morgan fingerprint density at radius 3 is 2.10 bits per heavy atom. The summed E-state index contributed by atoms with van der Waals surface area (Å²) in [4.78, 5) is 38.4. The first-order chi connectivity index (χ1) is 10.1. The van der Waals surface area contributed by atoms with Crippen molar-refractivity contribution in [3.63, 3.8) is 0 Å². The minimum atomic E-state index is -0.831. The van der Waals surface area contributed by atoms with E-state index in [2.05, 4.69) is 0 Å². The van der Waals surface area contributed by atoms with Crippen LogP contribution in [-0.2, 0) is 14.4 Å². The molecule has 5 heteroatoms. The van der Waals surface area contributed by atoms with Gasteiger partial charge < -0.3 is 5.11 Å². The van der Waals surface area contributed by atoms with E-state index >= 15 is 0 Å². The van der Waals surface area contributed by atoms with Crippen LogP contribution in [0.5, 0.6) is 0 Å². The van der Waals surface area contributed by atoms with Crippen molar-refractivity contribution in [2.24, 2.45) is 29.6 Å². The Balaban J connectivity index is 1.67. The second-order valence-electron chi connectivity index (χ2n) is 7.23. The van der Waals surface area contributed by atoms with Gasteiger partial charge in [0.1, 0.15) is 0 Å². The molecule has 1 heterocycles. The van der Waals surface area contributed by atoms with Crippen LogP contribution < -0.4 is 0 Å². The number of carboxylic acid groups (broad SMARTS) is 1. The van der Waals surface area contributed by atoms with Gasteiger partial charge in [-0.25, -0.2) is 0 Å². The molecule has 0 radical (unpaired) electrons. The lowest BCUT2D eigenvalue weighted by Gasteiger charge is -2.34. The molecule has 1 saturated heterocycles. The van der Waals surface area contributed by atoms with E-state index in [0.717, 1.165) is 44.9 Å². The maximum atomic E-state index is 12.7. The zero-order valence-electron chi connectivity index (χ0n) is 12.0. The number of likely N-dealkylation sites (tertiary alicyclic amines) is 1. The quantitative estimate of drug-likeness (QED) is 0.785. The van der Waals surface area contributed by atoms with Gasteiger partial charge in [-0.2, -0.15) is 0 Å². The van der Waals surface area contributed by atoms with Crippen molar-refractivity contribution < 1.29 is 19.5 Å². The summed E-state index contributed by atoms with van der Waals surface area (Å²) >= 11 is 0. The van der Waals surface area contributed by atoms with Crippen LogP contribution in [0, 0.1) is 29.6 Å². The predicted octanol–water partition coefficient (Wildman–Crippen LogP) is 1.66. The lowest BCUT2D eigenvalue weighted by molar-refractivity contribution is -0.152. The second-order valence-corrected chi connectivity index (χ2v) is 7.23. The molecule has 0 aromatic carbocycles. The van der Waals surface area contributed by atoms with Crippen LogP contribution in [0.15, 0.2) is 0 Å². The zero-order chi connectivity index (χ0) is 14.7. The number of carboxylic acids is 1. The summed E-state index contributed by atoms with van der Waals surface area (Å²) in [5.41, 5.74) is 0. The fourth-order valence-corrected chi connectivity index (χ4v) is 5.46. The molecule has 2 bridgehead atoms. The van der Waals surface area contributed by atoms with Gasteiger partial charge in [-0.15, -0.1) is 0 Å². The van der Waals surface area contributed by atoms with Gasteiger partial charge in [-0.3, -0.25) is 19.3 Å². The summed E-state index contributed by atoms with van der Waals surface area (Å²) in [5, 5.41) is 9.55. The molecule has 2 amide bonds. The normalized spacial score (nSPS) is 45.2. The number of rotatable bonds is 2. The number of imide groups is 1. The van der Waals surface area contributed by atoms with Gasteiger partial charge in [0, 0.05) is 0 Å². The van der Waals surface area contributed by atoms with E-state index < -0.39 is 11.9 Å². The summed E-state index contributed by atoms with van der Waals surface area (Å²) < 4.78 is 0. The lowest BCUT2D eigenvalue weighted by atomic mass is 9.81. The third-order valence-electron chi connectivity index (χ3n) is 6.33. The van der Waals surface area contributed by atoms with E-state index in [4.69, 9.17) is 0 Å². The van der Waals surface area contributed by atoms with Gasteiger partial charge in [0.05, 0.1) is 23.8 Å². The first kappa shape index (κ1) is 13.3. The highest BCUT2D eigenvalue weighted by Gasteiger charge is 2.60. The molecule has 3 aliphatic carbocycles. The number of fused-ring (bicyclic) bond motifs is 3. The smallest absolute Gasteiger partial charge is 0.308 e. The number of carbonyl (C=O) groups excluding carboxylic acids is 2. The molecule has 21 heavy (non-hydrogen) atoms. The van der Waals surface area contributed by atoms with Gasteiger partial charge in [-0.05, 0) is 43.9 Å². The Bertz CT molecular complexity index is 492. The summed E-state index contributed by atoms with van der Waals surface area (Å²) in [6, 6.07) is -0.369. The number of carbonyl (C=O) groups is 3. The molecule has 4 fully saturated rings. The fraction of sp³-hybridized carbons (Fsp3) is 0.812. The molecule has 5 nitrogen and oxygen atoms in total. The van der Waals surface area contributed by atoms with E-state index in [9.17, 15) is 19.5 Å². The molecule has 1 aliphatic heterocycles. The number of aliphatic carboxylic acids is 1. The van der Waals surface area contributed by atoms with Crippen LogP contribution >= 0.6 is 0 Å². The van der Waals surface area contributed by atoms with E-state index in [0.29, 0.717) is 0 Å². The molecule has 6 unspecified atom stereocenters. The van der Waals surface area contributed by atoms with E-state index in [1.54, 1.807) is 0 Å². The monoisotopic (exact) mass is 291 g/mol. The zero-order valence-corrected chi connectivity index (χ0v) is 12.0. The van der Waals surface area contributed by atoms with Crippen LogP contribution in [0.2, 0.25) is 0 Å². The molecular formula is C16H21NO4. The lowest BCUT2D eigenvalue weighted by Crippen LogP contribution is -2.50. The highest BCUT2D eigenvalue weighted by atomic mass is 16.4. The third-order valence-corrected chi connectivity index (χ3v) is 6.33. The largest absolute Gasteiger partial charge is 0.481 e. The van der Waals surface area contributed by atoms with Gasteiger partial charge in [-0.1, -0.05) is 12.8 Å². The first-order valence-corrected chi connectivity index (χ1v) is 8.19. The van der Waals surface area contributed by atoms with E-state index in [1.807, 2.05) is 0 Å². The van der Waals surface area contributed by atoms with Crippen LogP contribution in [0.4, 0.5) is 0 Å². The molecule has 4 aliphatic rings. The van der Waals surface area contributed by atoms with Gasteiger partial charge in [0.25, 0.3) is 0 Å². The summed E-state index contributed by atoms with van der Waals surface area (Å²) in [7, 11) is 0. The van der Waals surface area contributed by atoms with Crippen LogP contribution in [0.25, 0.3) is 0 Å². The van der Waals surface area contributed by atoms with E-state index in [1.165, 1.54) is 4.90 Å². The summed E-state index contributed by atoms with van der Waals surface area (Å²) in [6.45, 7) is 0. The van der Waals surface area contributed by atoms with Crippen molar-refractivity contribution in [3.05, 3.63) is 0 Å². The topological polar surface area (TPSA) is 74.7 Å². The molecule has 1 N–H and O–H groups in total. The number of hydrogen-bond acceptors (Lipinski definition) is 3. The Kier molecular flexibility index (Phi) is 2.88. The molecule has 114 valence electrons. The number of nitrogens with zero attached hydrogens (tertiary/aromatic N) is 1. The van der Waals surface area contributed by atoms with Crippen molar-refractivity contribution in [1.29, 1.82) is 0 Å². The molecule has 0 aromatic rings.